The van der Waals surface area contributed by atoms with E-state index in [1.165, 1.54) is 6.07 Å². The van der Waals surface area contributed by atoms with E-state index in [2.05, 4.69) is 5.32 Å². The van der Waals surface area contributed by atoms with Gasteiger partial charge in [0.25, 0.3) is 0 Å². The Morgan fingerprint density at radius 1 is 1.24 bits per heavy atom. The van der Waals surface area contributed by atoms with Crippen LogP contribution in [-0.2, 0) is 18.4 Å². The highest BCUT2D eigenvalue weighted by molar-refractivity contribution is 6.34. The summed E-state index contributed by atoms with van der Waals surface area (Å²) in [6.45, 7) is 1.02. The van der Waals surface area contributed by atoms with E-state index in [-0.39, 0.29) is 27.5 Å². The molecule has 0 radical (unpaired) electrons. The Balaban J connectivity index is 1.78. The molecule has 0 saturated heterocycles. The van der Waals surface area contributed by atoms with Gasteiger partial charge in [-0.15, -0.1) is 0 Å². The number of rotatable bonds is 5. The first kappa shape index (κ1) is 22.6. The van der Waals surface area contributed by atoms with E-state index in [4.69, 9.17) is 22.1 Å². The van der Waals surface area contributed by atoms with Crippen LogP contribution in [0.15, 0.2) is 42.5 Å². The SMILES string of the molecule is CNC[C@@]1(c2ccccc2)Cc2c(cc(F)c(Cl)c2-c2c(C(N)=O)cc3c(c2F)N(C)CC3)O1. The van der Waals surface area contributed by atoms with Crippen molar-refractivity contribution < 1.29 is 18.3 Å². The first-order valence-electron chi connectivity index (χ1n) is 11.0. The van der Waals surface area contributed by atoms with Gasteiger partial charge in [0, 0.05) is 49.3 Å². The van der Waals surface area contributed by atoms with Gasteiger partial charge in [-0.1, -0.05) is 41.9 Å². The van der Waals surface area contributed by atoms with Gasteiger partial charge in [0.1, 0.15) is 11.6 Å². The maximum atomic E-state index is 16.1. The molecule has 0 bridgehead atoms. The summed E-state index contributed by atoms with van der Waals surface area (Å²) in [5.74, 6) is -1.93. The van der Waals surface area contributed by atoms with Gasteiger partial charge in [-0.2, -0.15) is 0 Å². The molecule has 5 rings (SSSR count). The van der Waals surface area contributed by atoms with Gasteiger partial charge in [0.15, 0.2) is 11.4 Å². The molecule has 3 aromatic carbocycles. The highest BCUT2D eigenvalue weighted by Crippen LogP contribution is 2.51. The van der Waals surface area contributed by atoms with Crippen molar-refractivity contribution in [2.75, 3.05) is 32.1 Å². The third-order valence-electron chi connectivity index (χ3n) is 6.75. The number of ether oxygens (including phenoxy) is 1. The number of nitrogens with one attached hydrogen (secondary N) is 1. The number of halogens is 3. The highest BCUT2D eigenvalue weighted by Gasteiger charge is 2.44. The summed E-state index contributed by atoms with van der Waals surface area (Å²) in [7, 11) is 3.57. The van der Waals surface area contributed by atoms with E-state index in [9.17, 15) is 4.79 Å². The van der Waals surface area contributed by atoms with Crippen LogP contribution < -0.4 is 20.7 Å². The van der Waals surface area contributed by atoms with Gasteiger partial charge in [0.2, 0.25) is 5.91 Å². The van der Waals surface area contributed by atoms with E-state index in [0.717, 1.165) is 5.56 Å². The van der Waals surface area contributed by atoms with E-state index in [1.807, 2.05) is 30.3 Å². The molecule has 1 amide bonds. The molecule has 8 heteroatoms. The Bertz CT molecular complexity index is 1320. The first-order valence-corrected chi connectivity index (χ1v) is 11.4. The Labute approximate surface area is 201 Å². The average molecular weight is 484 g/mol. The van der Waals surface area contributed by atoms with Crippen LogP contribution in [-0.4, -0.2) is 33.1 Å². The summed E-state index contributed by atoms with van der Waals surface area (Å²) < 4.78 is 37.6. The number of likely N-dealkylation sites (N-methyl/N-ethyl adjacent to an activating group) is 2. The number of hydrogen-bond donors (Lipinski definition) is 2. The molecule has 3 aromatic rings. The van der Waals surface area contributed by atoms with Crippen molar-refractivity contribution in [3.63, 3.8) is 0 Å². The van der Waals surface area contributed by atoms with Gasteiger partial charge in [-0.25, -0.2) is 8.78 Å². The monoisotopic (exact) mass is 483 g/mol. The third kappa shape index (κ3) is 3.34. The molecule has 34 heavy (non-hydrogen) atoms. The predicted molar refractivity (Wildman–Crippen MR) is 129 cm³/mol. The molecule has 3 N–H and O–H groups in total. The van der Waals surface area contributed by atoms with E-state index in [0.29, 0.717) is 42.7 Å². The zero-order chi connectivity index (χ0) is 24.2. The molecular weight excluding hydrogens is 460 g/mol. The number of fused-ring (bicyclic) bond motifs is 2. The van der Waals surface area contributed by atoms with Crippen molar-refractivity contribution in [1.82, 2.24) is 5.32 Å². The van der Waals surface area contributed by atoms with Crippen molar-refractivity contribution in [1.29, 1.82) is 0 Å². The van der Waals surface area contributed by atoms with Crippen molar-refractivity contribution in [2.45, 2.75) is 18.4 Å². The molecule has 2 heterocycles. The fraction of sp³-hybridized carbons (Fsp3) is 0.269. The van der Waals surface area contributed by atoms with E-state index >= 15 is 8.78 Å². The summed E-state index contributed by atoms with van der Waals surface area (Å²) in [5.41, 5.74) is 7.30. The Hall–Kier alpha value is -3.16. The minimum atomic E-state index is -0.860. The zero-order valence-corrected chi connectivity index (χ0v) is 19.6. The average Bonchev–Trinajstić information content (AvgIpc) is 3.37. The number of nitrogens with two attached hydrogens (primary N) is 1. The Kier molecular flexibility index (Phi) is 5.49. The number of hydrogen-bond acceptors (Lipinski definition) is 4. The summed E-state index contributed by atoms with van der Waals surface area (Å²) in [4.78, 5) is 14.2. The fourth-order valence-electron chi connectivity index (χ4n) is 5.22. The lowest BCUT2D eigenvalue weighted by atomic mass is 9.85. The lowest BCUT2D eigenvalue weighted by molar-refractivity contribution is 0.0940. The molecular formula is C26H24ClF2N3O2. The summed E-state index contributed by atoms with van der Waals surface area (Å²) >= 11 is 6.49. The maximum absolute atomic E-state index is 16.1. The lowest BCUT2D eigenvalue weighted by Gasteiger charge is -2.29. The van der Waals surface area contributed by atoms with Gasteiger partial charge in [-0.05, 0) is 30.7 Å². The third-order valence-corrected chi connectivity index (χ3v) is 7.12. The number of carbonyl (C=O) groups excluding carboxylic acids is 1. The molecule has 0 fully saturated rings. The van der Waals surface area contributed by atoms with Crippen LogP contribution >= 0.6 is 11.6 Å². The second-order valence-corrected chi connectivity index (χ2v) is 9.23. The van der Waals surface area contributed by atoms with Crippen LogP contribution in [0.5, 0.6) is 5.75 Å². The number of primary amides is 1. The van der Waals surface area contributed by atoms with E-state index in [1.54, 1.807) is 25.1 Å². The van der Waals surface area contributed by atoms with E-state index < -0.39 is 23.1 Å². The molecule has 5 nitrogen and oxygen atoms in total. The van der Waals surface area contributed by atoms with Crippen LogP contribution in [0, 0.1) is 11.6 Å². The molecule has 176 valence electrons. The van der Waals surface area contributed by atoms with Crippen LogP contribution in [0.1, 0.15) is 27.0 Å². The van der Waals surface area contributed by atoms with Gasteiger partial charge >= 0.3 is 0 Å². The minimum absolute atomic E-state index is 0.0212. The van der Waals surface area contributed by atoms with Crippen molar-refractivity contribution in [2.24, 2.45) is 5.73 Å². The van der Waals surface area contributed by atoms with Crippen LogP contribution in [0.2, 0.25) is 5.02 Å². The zero-order valence-electron chi connectivity index (χ0n) is 18.8. The summed E-state index contributed by atoms with van der Waals surface area (Å²) in [5, 5.41) is 2.88. The van der Waals surface area contributed by atoms with Gasteiger partial charge in [0.05, 0.1) is 16.3 Å². The topological polar surface area (TPSA) is 67.6 Å². The number of carbonyl (C=O) groups is 1. The van der Waals surface area contributed by atoms with Crippen molar-refractivity contribution in [3.05, 3.63) is 81.4 Å². The predicted octanol–water partition coefficient (Wildman–Crippen LogP) is 4.43. The molecule has 1 atom stereocenters. The minimum Gasteiger partial charge on any atom is -0.480 e. The second kappa shape index (κ2) is 8.25. The van der Waals surface area contributed by atoms with Crippen LogP contribution in [0.3, 0.4) is 0 Å². The van der Waals surface area contributed by atoms with Crippen molar-refractivity contribution in [3.8, 4) is 16.9 Å². The highest BCUT2D eigenvalue weighted by atomic mass is 35.5. The number of amides is 1. The normalized spacial score (nSPS) is 18.6. The second-order valence-electron chi connectivity index (χ2n) is 8.85. The molecule has 0 aromatic heterocycles. The molecule has 0 aliphatic carbocycles. The summed E-state index contributed by atoms with van der Waals surface area (Å²) in [6.07, 6.45) is 0.883. The first-order chi connectivity index (χ1) is 16.3. The smallest absolute Gasteiger partial charge is 0.249 e. The Morgan fingerprint density at radius 2 is 1.97 bits per heavy atom. The summed E-state index contributed by atoms with van der Waals surface area (Å²) in [6, 6.07) is 12.4. The fourth-order valence-corrected chi connectivity index (χ4v) is 5.49. The van der Waals surface area contributed by atoms with Gasteiger partial charge < -0.3 is 20.7 Å². The quantitative estimate of drug-likeness (QED) is 0.563. The standard InChI is InChI=1S/C26H24ClF2N3O2/c1-31-13-26(15-6-4-3-5-7-15)12-17-19(34-26)11-18(28)22(27)20(17)21-16(25(30)33)10-14-8-9-32(2)24(14)23(21)29/h3-7,10-11,31H,8-9,12-13H2,1-2H3,(H2,30,33)/t26-/m1/s1. The van der Waals surface area contributed by atoms with Crippen LogP contribution in [0.4, 0.5) is 14.5 Å². The van der Waals surface area contributed by atoms with Crippen molar-refractivity contribution >= 4 is 23.2 Å². The van der Waals surface area contributed by atoms with Crippen LogP contribution in [0.25, 0.3) is 11.1 Å². The number of anilines is 1. The largest absolute Gasteiger partial charge is 0.480 e. The number of nitrogens with zero attached hydrogens (tertiary/aromatic N) is 1. The number of benzene rings is 3. The maximum Gasteiger partial charge on any atom is 0.249 e. The lowest BCUT2D eigenvalue weighted by Crippen LogP contribution is -2.41. The Morgan fingerprint density at radius 3 is 2.65 bits per heavy atom. The molecule has 0 spiro atoms. The molecule has 0 unspecified atom stereocenters. The van der Waals surface area contributed by atoms with Gasteiger partial charge in [-0.3, -0.25) is 4.79 Å². The molecule has 0 saturated carbocycles. The molecule has 2 aliphatic rings. The molecule has 2 aliphatic heterocycles.